The maximum absolute atomic E-state index is 12.9. The summed E-state index contributed by atoms with van der Waals surface area (Å²) in [6.45, 7) is 2.62. The number of methoxy groups -OCH3 is 1. The van der Waals surface area contributed by atoms with Crippen LogP contribution in [-0.4, -0.2) is 51.5 Å². The molecule has 8 nitrogen and oxygen atoms in total. The number of rotatable bonds is 12. The minimum absolute atomic E-state index is 0.116. The van der Waals surface area contributed by atoms with Crippen LogP contribution in [0.25, 0.3) is 0 Å². The largest absolute Gasteiger partial charge is 0.497 e. The minimum Gasteiger partial charge on any atom is -0.497 e. The van der Waals surface area contributed by atoms with Crippen LogP contribution in [0.3, 0.4) is 0 Å². The highest BCUT2D eigenvalue weighted by molar-refractivity contribution is 7.99. The molecule has 0 saturated carbocycles. The van der Waals surface area contributed by atoms with Crippen molar-refractivity contribution in [1.82, 2.24) is 20.1 Å². The number of carbonyl (C=O) groups is 2. The van der Waals surface area contributed by atoms with Gasteiger partial charge in [-0.1, -0.05) is 30.0 Å². The van der Waals surface area contributed by atoms with Crippen molar-refractivity contribution in [2.75, 3.05) is 30.2 Å². The molecule has 0 unspecified atom stereocenters. The van der Waals surface area contributed by atoms with E-state index in [1.165, 1.54) is 11.8 Å². The summed E-state index contributed by atoms with van der Waals surface area (Å²) in [5.74, 6) is 2.14. The molecule has 0 spiro atoms. The molecule has 0 aliphatic heterocycles. The van der Waals surface area contributed by atoms with Gasteiger partial charge < -0.3 is 19.9 Å². The van der Waals surface area contributed by atoms with E-state index in [1.807, 2.05) is 48.1 Å². The van der Waals surface area contributed by atoms with Gasteiger partial charge in [0.05, 0.1) is 18.9 Å². The number of ether oxygens (including phenoxy) is 1. The Kier molecular flexibility index (Phi) is 9.84. The fourth-order valence-electron chi connectivity index (χ4n) is 3.30. The second kappa shape index (κ2) is 13.0. The molecule has 0 aliphatic rings. The van der Waals surface area contributed by atoms with Crippen LogP contribution in [0.2, 0.25) is 0 Å². The van der Waals surface area contributed by atoms with Gasteiger partial charge in [-0.25, -0.2) is 0 Å². The van der Waals surface area contributed by atoms with Gasteiger partial charge in [0.2, 0.25) is 5.91 Å². The molecule has 2 N–H and O–H groups in total. The van der Waals surface area contributed by atoms with Crippen LogP contribution >= 0.6 is 23.5 Å². The van der Waals surface area contributed by atoms with E-state index in [2.05, 4.69) is 20.8 Å². The number of benzene rings is 2. The number of nitrogens with one attached hydrogen (secondary N) is 2. The van der Waals surface area contributed by atoms with Gasteiger partial charge >= 0.3 is 0 Å². The van der Waals surface area contributed by atoms with Crippen LogP contribution in [0.15, 0.2) is 59.8 Å². The molecule has 10 heteroatoms. The average molecular weight is 500 g/mol. The summed E-state index contributed by atoms with van der Waals surface area (Å²) in [5, 5.41) is 15.3. The molecular formula is C24H29N5O3S2. The molecule has 34 heavy (non-hydrogen) atoms. The molecule has 1 atom stereocenters. The Morgan fingerprint density at radius 3 is 2.47 bits per heavy atom. The Hall–Kier alpha value is -2.98. The van der Waals surface area contributed by atoms with Gasteiger partial charge in [0, 0.05) is 17.8 Å². The van der Waals surface area contributed by atoms with E-state index in [1.54, 1.807) is 43.1 Å². The van der Waals surface area contributed by atoms with E-state index >= 15 is 0 Å². The topological polar surface area (TPSA) is 98.1 Å². The molecule has 180 valence electrons. The summed E-state index contributed by atoms with van der Waals surface area (Å²) in [6, 6.07) is 16.0. The number of para-hydroxylation sites is 1. The molecule has 0 radical (unpaired) electrons. The predicted molar refractivity (Wildman–Crippen MR) is 138 cm³/mol. The quantitative estimate of drug-likeness (QED) is 0.359. The molecular weight excluding hydrogens is 470 g/mol. The first-order valence-electron chi connectivity index (χ1n) is 10.9. The number of carbonyl (C=O) groups excluding carboxylic acids is 2. The molecule has 0 bridgehead atoms. The third-order valence-electron chi connectivity index (χ3n) is 5.03. The molecule has 1 heterocycles. The zero-order valence-corrected chi connectivity index (χ0v) is 21.1. The highest BCUT2D eigenvalue weighted by atomic mass is 32.2. The molecule has 2 amide bonds. The summed E-state index contributed by atoms with van der Waals surface area (Å²) >= 11 is 3.03. The van der Waals surface area contributed by atoms with Gasteiger partial charge in [0.25, 0.3) is 5.91 Å². The Morgan fingerprint density at radius 1 is 1.09 bits per heavy atom. The second-order valence-electron chi connectivity index (χ2n) is 7.32. The molecule has 3 aromatic rings. The van der Waals surface area contributed by atoms with E-state index in [0.717, 1.165) is 11.4 Å². The van der Waals surface area contributed by atoms with Crippen LogP contribution in [0.1, 0.15) is 35.6 Å². The number of thioether (sulfide) groups is 2. The minimum atomic E-state index is -0.304. The van der Waals surface area contributed by atoms with Gasteiger partial charge in [0.15, 0.2) is 11.0 Å². The van der Waals surface area contributed by atoms with Crippen molar-refractivity contribution >= 4 is 41.0 Å². The molecule has 0 aliphatic carbocycles. The molecule has 1 aromatic heterocycles. The first kappa shape index (κ1) is 25.6. The first-order valence-corrected chi connectivity index (χ1v) is 13.3. The van der Waals surface area contributed by atoms with Crippen LogP contribution in [0, 0.1) is 0 Å². The lowest BCUT2D eigenvalue weighted by Gasteiger charge is -2.19. The third-order valence-corrected chi connectivity index (χ3v) is 6.64. The average Bonchev–Trinajstić information content (AvgIpc) is 3.28. The summed E-state index contributed by atoms with van der Waals surface area (Å²) in [4.78, 5) is 25.3. The van der Waals surface area contributed by atoms with Crippen LogP contribution in [0.5, 0.6) is 5.75 Å². The smallest absolute Gasteiger partial charge is 0.251 e. The van der Waals surface area contributed by atoms with Gasteiger partial charge in [-0.15, -0.1) is 10.2 Å². The van der Waals surface area contributed by atoms with Crippen molar-refractivity contribution in [3.05, 3.63) is 66.0 Å². The number of aromatic nitrogens is 3. The Balaban J connectivity index is 1.70. The van der Waals surface area contributed by atoms with Crippen LogP contribution < -0.4 is 15.4 Å². The predicted octanol–water partition coefficient (Wildman–Crippen LogP) is 4.26. The standard InChI is InChI=1S/C24H29N5O3S2/c1-4-29-22(27-28-24(29)34-16-21(30)25-18-8-6-5-7-9-18)20(14-15-33-3)26-23(31)17-10-12-19(32-2)13-11-17/h5-13,20H,4,14-16H2,1-3H3,(H,25,30)(H,26,31)/t20-/m1/s1. The van der Waals surface area contributed by atoms with E-state index in [4.69, 9.17) is 4.74 Å². The zero-order valence-electron chi connectivity index (χ0n) is 19.5. The Morgan fingerprint density at radius 2 is 1.82 bits per heavy atom. The van der Waals surface area contributed by atoms with Gasteiger partial charge in [-0.3, -0.25) is 9.59 Å². The van der Waals surface area contributed by atoms with E-state index in [-0.39, 0.29) is 23.6 Å². The second-order valence-corrected chi connectivity index (χ2v) is 9.25. The normalized spacial score (nSPS) is 11.6. The number of hydrogen-bond acceptors (Lipinski definition) is 7. The SMILES string of the molecule is CCn1c(SCC(=O)Nc2ccccc2)nnc1[C@@H](CCSC)NC(=O)c1ccc(OC)cc1. The number of nitrogens with zero attached hydrogens (tertiary/aromatic N) is 3. The molecule has 3 rings (SSSR count). The van der Waals surface area contributed by atoms with Crippen molar-refractivity contribution in [3.8, 4) is 5.75 Å². The fraction of sp³-hybridized carbons (Fsp3) is 0.333. The highest BCUT2D eigenvalue weighted by Crippen LogP contribution is 2.24. The Labute approximate surface area is 208 Å². The van der Waals surface area contributed by atoms with Gasteiger partial charge in [-0.05, 0) is 61.8 Å². The van der Waals surface area contributed by atoms with Gasteiger partial charge in [0.1, 0.15) is 5.75 Å². The van der Waals surface area contributed by atoms with E-state index in [9.17, 15) is 9.59 Å². The van der Waals surface area contributed by atoms with Crippen molar-refractivity contribution < 1.29 is 14.3 Å². The zero-order chi connectivity index (χ0) is 24.3. The van der Waals surface area contributed by atoms with Crippen LogP contribution in [0.4, 0.5) is 5.69 Å². The highest BCUT2D eigenvalue weighted by Gasteiger charge is 2.23. The lowest BCUT2D eigenvalue weighted by molar-refractivity contribution is -0.113. The molecule has 0 fully saturated rings. The van der Waals surface area contributed by atoms with E-state index in [0.29, 0.717) is 35.3 Å². The maximum atomic E-state index is 12.9. The maximum Gasteiger partial charge on any atom is 0.251 e. The van der Waals surface area contributed by atoms with Crippen molar-refractivity contribution in [1.29, 1.82) is 0 Å². The van der Waals surface area contributed by atoms with Crippen molar-refractivity contribution in [3.63, 3.8) is 0 Å². The lowest BCUT2D eigenvalue weighted by Crippen LogP contribution is -2.31. The summed E-state index contributed by atoms with van der Waals surface area (Å²) in [7, 11) is 1.59. The van der Waals surface area contributed by atoms with Crippen molar-refractivity contribution in [2.24, 2.45) is 0 Å². The number of anilines is 1. The summed E-state index contributed by atoms with van der Waals surface area (Å²) in [5.41, 5.74) is 1.30. The van der Waals surface area contributed by atoms with Gasteiger partial charge in [-0.2, -0.15) is 11.8 Å². The summed E-state index contributed by atoms with van der Waals surface area (Å²) in [6.07, 6.45) is 2.74. The monoisotopic (exact) mass is 499 g/mol. The number of hydrogen-bond donors (Lipinski definition) is 2. The van der Waals surface area contributed by atoms with Crippen molar-refractivity contribution in [2.45, 2.75) is 31.1 Å². The number of amides is 2. The lowest BCUT2D eigenvalue weighted by atomic mass is 10.1. The van der Waals surface area contributed by atoms with Crippen LogP contribution in [-0.2, 0) is 11.3 Å². The fourth-order valence-corrected chi connectivity index (χ4v) is 4.58. The van der Waals surface area contributed by atoms with E-state index < -0.39 is 0 Å². The molecule has 0 saturated heterocycles. The summed E-state index contributed by atoms with van der Waals surface area (Å²) < 4.78 is 7.13. The molecule has 2 aromatic carbocycles. The third kappa shape index (κ3) is 7.01. The Bertz CT molecular complexity index is 1070. The first-order chi connectivity index (χ1) is 16.5.